The maximum Gasteiger partial charge on any atom is 0.321 e. The number of allylic oxidation sites excluding steroid dienone is 1. The highest BCUT2D eigenvalue weighted by Gasteiger charge is 2.53. The lowest BCUT2D eigenvalue weighted by atomic mass is 9.76. The predicted molar refractivity (Wildman–Crippen MR) is 214 cm³/mol. The first-order valence-corrected chi connectivity index (χ1v) is 20.8. The maximum absolute atomic E-state index is 14.6. The summed E-state index contributed by atoms with van der Waals surface area (Å²) in [5.41, 5.74) is -3.15. The van der Waals surface area contributed by atoms with Crippen LogP contribution in [0.3, 0.4) is 0 Å². The van der Waals surface area contributed by atoms with Crippen LogP contribution in [0.1, 0.15) is 94.9 Å². The number of ether oxygens (including phenoxy) is 10. The van der Waals surface area contributed by atoms with Crippen molar-refractivity contribution in [2.24, 2.45) is 17.8 Å². The van der Waals surface area contributed by atoms with Gasteiger partial charge in [0.1, 0.15) is 24.2 Å². The number of hydrogen-bond acceptors (Lipinski definition) is 14. The highest BCUT2D eigenvalue weighted by molar-refractivity contribution is 6.26. The molecule has 57 heavy (non-hydrogen) atoms. The van der Waals surface area contributed by atoms with Crippen LogP contribution in [-0.2, 0) is 61.8 Å². The lowest BCUT2D eigenvalue weighted by Crippen LogP contribution is -2.61. The second-order valence-electron chi connectivity index (χ2n) is 17.2. The molecule has 2 saturated heterocycles. The number of carbonyl (C=O) groups is 3. The van der Waals surface area contributed by atoms with Crippen molar-refractivity contribution in [2.75, 3.05) is 48.4 Å². The minimum atomic E-state index is -1.53. The van der Waals surface area contributed by atoms with Crippen LogP contribution in [0.25, 0.3) is 0 Å². The molecule has 15 heteroatoms. The lowest BCUT2D eigenvalue weighted by molar-refractivity contribution is -0.322. The van der Waals surface area contributed by atoms with Crippen LogP contribution in [0, 0.1) is 17.8 Å². The summed E-state index contributed by atoms with van der Waals surface area (Å²) in [6, 6.07) is -0.0358. The first kappa shape index (κ1) is 49.6. The molecule has 0 bridgehead atoms. The first-order valence-electron chi connectivity index (χ1n) is 20.2. The Hall–Kier alpha value is -1.72. The Balaban J connectivity index is 2.29. The van der Waals surface area contributed by atoms with Gasteiger partial charge in [-0.15, -0.1) is 11.6 Å². The van der Waals surface area contributed by atoms with Crippen molar-refractivity contribution in [3.63, 3.8) is 0 Å². The van der Waals surface area contributed by atoms with Crippen molar-refractivity contribution in [3.8, 4) is 0 Å². The van der Waals surface area contributed by atoms with Gasteiger partial charge in [0.05, 0.1) is 41.5 Å². The van der Waals surface area contributed by atoms with E-state index >= 15 is 0 Å². The minimum absolute atomic E-state index is 0.0358. The van der Waals surface area contributed by atoms with Gasteiger partial charge in [-0.3, -0.25) is 14.4 Å². The maximum atomic E-state index is 14.6. The number of rotatable bonds is 12. The summed E-state index contributed by atoms with van der Waals surface area (Å²) in [7, 11) is 10.4. The number of cyclic esters (lactones) is 1. The van der Waals surface area contributed by atoms with Crippen LogP contribution >= 0.6 is 11.6 Å². The molecule has 14 nitrogen and oxygen atoms in total. The topological polar surface area (TPSA) is 147 Å². The zero-order chi connectivity index (χ0) is 43.2. The Morgan fingerprint density at radius 1 is 0.895 bits per heavy atom. The number of likely N-dealkylation sites (N-methyl/N-ethyl adjacent to an activating group) is 1. The lowest BCUT2D eigenvalue weighted by Gasteiger charge is -2.50. The van der Waals surface area contributed by atoms with E-state index in [1.54, 1.807) is 55.3 Å². The molecule has 0 aromatic rings. The average molecular weight is 834 g/mol. The van der Waals surface area contributed by atoms with Gasteiger partial charge in [-0.25, -0.2) is 0 Å². The Labute approximate surface area is 346 Å². The van der Waals surface area contributed by atoms with Crippen molar-refractivity contribution < 1.29 is 61.8 Å². The van der Waals surface area contributed by atoms with Crippen molar-refractivity contribution in [2.45, 2.75) is 173 Å². The Kier molecular flexibility index (Phi) is 18.0. The molecule has 0 N–H and O–H groups in total. The van der Waals surface area contributed by atoms with Crippen LogP contribution in [-0.4, -0.2) is 149 Å². The van der Waals surface area contributed by atoms with Crippen molar-refractivity contribution >= 4 is 29.3 Å². The van der Waals surface area contributed by atoms with Gasteiger partial charge in [0, 0.05) is 52.7 Å². The number of carbonyl (C=O) groups excluding carboxylic acids is 3. The highest BCUT2D eigenvalue weighted by Crippen LogP contribution is 2.42. The Bertz CT molecular complexity index is 1380. The van der Waals surface area contributed by atoms with Crippen molar-refractivity contribution in [3.05, 3.63) is 11.6 Å². The Morgan fingerprint density at radius 3 is 2.04 bits per heavy atom. The molecule has 3 rings (SSSR count). The number of methoxy groups -OCH3 is 4. The molecule has 0 spiro atoms. The van der Waals surface area contributed by atoms with Gasteiger partial charge in [-0.2, -0.15) is 0 Å². The zero-order valence-electron chi connectivity index (χ0n) is 37.3. The number of alkyl halides is 1. The van der Waals surface area contributed by atoms with Crippen LogP contribution in [0.5, 0.6) is 0 Å². The van der Waals surface area contributed by atoms with Crippen molar-refractivity contribution in [1.82, 2.24) is 4.90 Å². The molecule has 0 unspecified atom stereocenters. The third-order valence-electron chi connectivity index (χ3n) is 12.5. The summed E-state index contributed by atoms with van der Waals surface area (Å²) >= 11 is 5.89. The summed E-state index contributed by atoms with van der Waals surface area (Å²) in [5, 5.41) is 0. The van der Waals surface area contributed by atoms with Crippen LogP contribution in [0.4, 0.5) is 0 Å². The van der Waals surface area contributed by atoms with Gasteiger partial charge in [-0.05, 0) is 93.5 Å². The third-order valence-corrected chi connectivity index (χ3v) is 12.7. The molecule has 3 aliphatic heterocycles. The van der Waals surface area contributed by atoms with Crippen LogP contribution in [0.2, 0.25) is 0 Å². The average Bonchev–Trinajstić information content (AvgIpc) is 3.15. The van der Waals surface area contributed by atoms with Crippen LogP contribution in [0.15, 0.2) is 11.6 Å². The fourth-order valence-electron chi connectivity index (χ4n) is 9.29. The smallest absolute Gasteiger partial charge is 0.321 e. The molecule has 2 fully saturated rings. The third kappa shape index (κ3) is 11.4. The quantitative estimate of drug-likeness (QED) is 0.181. The number of hydrogen-bond donors (Lipinski definition) is 0. The SMILES string of the molecule is CC[C@@H]1OC(=O)[C@H](C)[C@H](O[C@@H]2C[C@@](C)(OC)[C@@H](OC)[C@H](C)O2)[C@H](C)[C@@H](O[C@@H]2O[C@H](C)C[C@H](N(C)C)[C@H]2OC)[C@](C)(OC)C[C@@H](C)C(=O)/C(C)=C/[C@]1(C)OC(=O)CCl. The van der Waals surface area contributed by atoms with Crippen LogP contribution < -0.4 is 0 Å². The summed E-state index contributed by atoms with van der Waals surface area (Å²) < 4.78 is 63.4. The van der Waals surface area contributed by atoms with Gasteiger partial charge in [0.15, 0.2) is 24.0 Å². The van der Waals surface area contributed by atoms with E-state index in [4.69, 9.17) is 59.0 Å². The molecule has 0 aromatic carbocycles. The number of halogens is 1. The number of nitrogens with zero attached hydrogens (tertiary/aromatic N) is 1. The summed E-state index contributed by atoms with van der Waals surface area (Å²) in [6.45, 7) is 18.3. The van der Waals surface area contributed by atoms with E-state index in [9.17, 15) is 14.4 Å². The van der Waals surface area contributed by atoms with E-state index < -0.39 is 102 Å². The second kappa shape index (κ2) is 20.7. The van der Waals surface area contributed by atoms with Gasteiger partial charge in [-0.1, -0.05) is 20.8 Å². The largest absolute Gasteiger partial charge is 0.457 e. The molecule has 3 aliphatic rings. The zero-order valence-corrected chi connectivity index (χ0v) is 38.0. The van der Waals surface area contributed by atoms with Crippen molar-refractivity contribution in [1.29, 1.82) is 0 Å². The normalized spacial score (nSPS) is 43.8. The van der Waals surface area contributed by atoms with Gasteiger partial charge in [0.25, 0.3) is 0 Å². The molecule has 330 valence electrons. The molecule has 0 saturated carbocycles. The molecular formula is C42H72ClNO13. The van der Waals surface area contributed by atoms with E-state index in [1.165, 1.54) is 0 Å². The standard InChI is InChI=1S/C42H72ClNO13/c1-17-30-40(8,57-31(45)22-43)19-23(2)33(46)24(3)20-41(9,50-15)36(56-39-35(48-13)29(44(11)12)18-25(4)52-39)26(5)34(27(6)38(47)54-30)55-32-21-42(10,51-16)37(49-14)28(7)53-32/h19,24-30,32,34-37,39H,17-18,20-22H2,1-16H3/b23-19+/t24-,25-,26+,27-,28+,29+,30+,32-,34-,35-,36-,37+,39+,40+,41-,42-/m1/s1. The number of Topliss-reactive ketones (excluding diaryl/α,β-unsaturated/α-hetero) is 1. The van der Waals surface area contributed by atoms with E-state index in [0.717, 1.165) is 0 Å². The first-order chi connectivity index (χ1) is 26.6. The molecular weight excluding hydrogens is 762 g/mol. The van der Waals surface area contributed by atoms with E-state index in [0.29, 0.717) is 12.0 Å². The fraction of sp³-hybridized carbons (Fsp3) is 0.881. The van der Waals surface area contributed by atoms with E-state index in [1.807, 2.05) is 62.6 Å². The second-order valence-corrected chi connectivity index (χ2v) is 17.4. The van der Waals surface area contributed by atoms with E-state index in [-0.39, 0.29) is 37.2 Å². The van der Waals surface area contributed by atoms with E-state index in [2.05, 4.69) is 4.90 Å². The predicted octanol–water partition coefficient (Wildman–Crippen LogP) is 5.49. The highest BCUT2D eigenvalue weighted by atomic mass is 35.5. The summed E-state index contributed by atoms with van der Waals surface area (Å²) in [5.74, 6) is -4.16. The minimum Gasteiger partial charge on any atom is -0.457 e. The van der Waals surface area contributed by atoms with Gasteiger partial charge >= 0.3 is 11.9 Å². The monoisotopic (exact) mass is 833 g/mol. The fourth-order valence-corrected chi connectivity index (χ4v) is 9.34. The summed E-state index contributed by atoms with van der Waals surface area (Å²) in [4.78, 5) is 43.6. The van der Waals surface area contributed by atoms with Gasteiger partial charge in [0.2, 0.25) is 0 Å². The molecule has 0 radical (unpaired) electrons. The molecule has 0 aromatic heterocycles. The molecule has 0 amide bonds. The molecule has 0 aliphatic carbocycles. The molecule has 16 atom stereocenters. The number of ketones is 1. The molecule has 3 heterocycles. The summed E-state index contributed by atoms with van der Waals surface area (Å²) in [6.07, 6.45) is -2.93. The Morgan fingerprint density at radius 2 is 1.51 bits per heavy atom. The number of esters is 2. The van der Waals surface area contributed by atoms with Gasteiger partial charge < -0.3 is 52.3 Å².